The van der Waals surface area contributed by atoms with Crippen molar-refractivity contribution >= 4 is 39.6 Å². The van der Waals surface area contributed by atoms with Crippen LogP contribution in [-0.2, 0) is 11.3 Å². The molecule has 0 saturated carbocycles. The van der Waals surface area contributed by atoms with Gasteiger partial charge in [0.05, 0.1) is 31.3 Å². The molecular formula is C19H19N3O4S2. The number of carbonyl (C=O) groups excluding carboxylic acids is 2. The normalized spacial score (nSPS) is 10.4. The molecule has 2 aromatic heterocycles. The van der Waals surface area contributed by atoms with E-state index in [1.165, 1.54) is 29.6 Å². The van der Waals surface area contributed by atoms with Crippen LogP contribution in [0.1, 0.15) is 21.5 Å². The van der Waals surface area contributed by atoms with Crippen LogP contribution in [-0.4, -0.2) is 31.0 Å². The summed E-state index contributed by atoms with van der Waals surface area (Å²) in [5.74, 6) is 1.02. The fourth-order valence-corrected chi connectivity index (χ4v) is 3.98. The molecule has 28 heavy (non-hydrogen) atoms. The number of benzene rings is 1. The van der Waals surface area contributed by atoms with Gasteiger partial charge in [-0.1, -0.05) is 0 Å². The first-order valence-electron chi connectivity index (χ1n) is 8.32. The molecule has 0 fully saturated rings. The Morgan fingerprint density at radius 3 is 2.68 bits per heavy atom. The lowest BCUT2D eigenvalue weighted by Crippen LogP contribution is -2.18. The maximum absolute atomic E-state index is 12.5. The molecule has 3 rings (SSSR count). The monoisotopic (exact) mass is 417 g/mol. The summed E-state index contributed by atoms with van der Waals surface area (Å²) in [5, 5.41) is 7.86. The van der Waals surface area contributed by atoms with Crippen molar-refractivity contribution in [2.75, 3.05) is 19.5 Å². The van der Waals surface area contributed by atoms with E-state index in [-0.39, 0.29) is 11.8 Å². The molecule has 1 aromatic carbocycles. The van der Waals surface area contributed by atoms with Crippen LogP contribution in [0.2, 0.25) is 0 Å². The SMILES string of the molecule is COc1ccc(OC)c(-c2csc(NC(=O)c3ccc(CNC(C)=O)s3)n2)c1. The molecule has 146 valence electrons. The number of methoxy groups -OCH3 is 2. The summed E-state index contributed by atoms with van der Waals surface area (Å²) in [7, 11) is 3.19. The number of nitrogens with one attached hydrogen (secondary N) is 2. The minimum absolute atomic E-state index is 0.109. The van der Waals surface area contributed by atoms with Gasteiger partial charge >= 0.3 is 0 Å². The second-order valence-electron chi connectivity index (χ2n) is 5.73. The van der Waals surface area contributed by atoms with Crippen LogP contribution in [0.3, 0.4) is 0 Å². The molecule has 2 heterocycles. The molecule has 0 aliphatic heterocycles. The van der Waals surface area contributed by atoms with Crippen LogP contribution in [0, 0.1) is 0 Å². The fraction of sp³-hybridized carbons (Fsp3) is 0.211. The fourth-order valence-electron chi connectivity index (χ4n) is 2.43. The standard InChI is InChI=1S/C19H19N3O4S2/c1-11(23)20-9-13-5-7-17(28-13)18(24)22-19-21-15(10-27-19)14-8-12(25-2)4-6-16(14)26-3/h4-8,10H,9H2,1-3H3,(H,20,23)(H,21,22,24). The lowest BCUT2D eigenvalue weighted by atomic mass is 10.1. The molecular weight excluding hydrogens is 398 g/mol. The molecule has 0 aliphatic rings. The van der Waals surface area contributed by atoms with Crippen molar-refractivity contribution in [3.05, 3.63) is 45.5 Å². The summed E-state index contributed by atoms with van der Waals surface area (Å²) >= 11 is 2.66. The van der Waals surface area contributed by atoms with Gasteiger partial charge in [-0.05, 0) is 30.3 Å². The lowest BCUT2D eigenvalue weighted by Gasteiger charge is -2.08. The van der Waals surface area contributed by atoms with Crippen LogP contribution in [0.5, 0.6) is 11.5 Å². The average Bonchev–Trinajstić information content (AvgIpc) is 3.35. The van der Waals surface area contributed by atoms with Crippen molar-refractivity contribution in [3.63, 3.8) is 0 Å². The third-order valence-electron chi connectivity index (χ3n) is 3.80. The lowest BCUT2D eigenvalue weighted by molar-refractivity contribution is -0.119. The van der Waals surface area contributed by atoms with Gasteiger partial charge in [0.15, 0.2) is 5.13 Å². The zero-order valence-electron chi connectivity index (χ0n) is 15.6. The summed E-state index contributed by atoms with van der Waals surface area (Å²) in [5.41, 5.74) is 1.47. The Kier molecular flexibility index (Phi) is 6.27. The number of rotatable bonds is 7. The predicted octanol–water partition coefficient (Wildman–Crippen LogP) is 3.78. The minimum Gasteiger partial charge on any atom is -0.497 e. The molecule has 3 aromatic rings. The highest BCUT2D eigenvalue weighted by Gasteiger charge is 2.15. The topological polar surface area (TPSA) is 89.5 Å². The summed E-state index contributed by atoms with van der Waals surface area (Å²) in [4.78, 5) is 29.4. The smallest absolute Gasteiger partial charge is 0.267 e. The number of carbonyl (C=O) groups is 2. The predicted molar refractivity (Wildman–Crippen MR) is 110 cm³/mol. The molecule has 7 nitrogen and oxygen atoms in total. The molecule has 0 bridgehead atoms. The number of aromatic nitrogens is 1. The number of thiophene rings is 1. The third-order valence-corrected chi connectivity index (χ3v) is 5.65. The molecule has 0 saturated heterocycles. The third kappa shape index (κ3) is 4.68. The van der Waals surface area contributed by atoms with Gasteiger partial charge in [0.25, 0.3) is 5.91 Å². The van der Waals surface area contributed by atoms with Crippen molar-refractivity contribution in [2.24, 2.45) is 0 Å². The van der Waals surface area contributed by atoms with Crippen LogP contribution in [0.25, 0.3) is 11.3 Å². The highest BCUT2D eigenvalue weighted by atomic mass is 32.1. The van der Waals surface area contributed by atoms with Crippen molar-refractivity contribution in [1.82, 2.24) is 10.3 Å². The van der Waals surface area contributed by atoms with E-state index in [0.29, 0.717) is 33.7 Å². The number of anilines is 1. The van der Waals surface area contributed by atoms with Gasteiger partial charge in [0.1, 0.15) is 11.5 Å². The van der Waals surface area contributed by atoms with Crippen molar-refractivity contribution in [3.8, 4) is 22.8 Å². The number of amides is 2. The van der Waals surface area contributed by atoms with E-state index in [9.17, 15) is 9.59 Å². The van der Waals surface area contributed by atoms with E-state index in [1.54, 1.807) is 20.3 Å². The summed E-state index contributed by atoms with van der Waals surface area (Å²) in [6, 6.07) is 9.02. The highest BCUT2D eigenvalue weighted by molar-refractivity contribution is 7.15. The number of hydrogen-bond donors (Lipinski definition) is 2. The zero-order valence-corrected chi connectivity index (χ0v) is 17.2. The Morgan fingerprint density at radius 2 is 1.96 bits per heavy atom. The van der Waals surface area contributed by atoms with E-state index in [2.05, 4.69) is 15.6 Å². The summed E-state index contributed by atoms with van der Waals surface area (Å²) in [6.07, 6.45) is 0. The number of hydrogen-bond acceptors (Lipinski definition) is 7. The second-order valence-corrected chi connectivity index (χ2v) is 7.76. The Balaban J connectivity index is 1.73. The van der Waals surface area contributed by atoms with E-state index in [4.69, 9.17) is 9.47 Å². The van der Waals surface area contributed by atoms with Crippen LogP contribution >= 0.6 is 22.7 Å². The molecule has 0 aliphatic carbocycles. The van der Waals surface area contributed by atoms with Gasteiger partial charge in [0.2, 0.25) is 5.91 Å². The Bertz CT molecular complexity index is 997. The number of nitrogens with zero attached hydrogens (tertiary/aromatic N) is 1. The minimum atomic E-state index is -0.238. The first-order valence-corrected chi connectivity index (χ1v) is 10.0. The summed E-state index contributed by atoms with van der Waals surface area (Å²) < 4.78 is 10.7. The Hall–Kier alpha value is -2.91. The molecule has 0 spiro atoms. The van der Waals surface area contributed by atoms with Gasteiger partial charge in [-0.25, -0.2) is 4.98 Å². The van der Waals surface area contributed by atoms with E-state index in [0.717, 1.165) is 10.4 Å². The molecule has 0 unspecified atom stereocenters. The molecule has 0 radical (unpaired) electrons. The number of thiazole rings is 1. The first kappa shape index (κ1) is 19.8. The quantitative estimate of drug-likeness (QED) is 0.611. The number of ether oxygens (including phenoxy) is 2. The van der Waals surface area contributed by atoms with Crippen LogP contribution < -0.4 is 20.1 Å². The Morgan fingerprint density at radius 1 is 1.14 bits per heavy atom. The average molecular weight is 418 g/mol. The maximum Gasteiger partial charge on any atom is 0.267 e. The molecule has 0 atom stereocenters. The zero-order chi connectivity index (χ0) is 20.1. The van der Waals surface area contributed by atoms with Gasteiger partial charge < -0.3 is 14.8 Å². The van der Waals surface area contributed by atoms with Gasteiger partial charge in [-0.15, -0.1) is 22.7 Å². The molecule has 2 amide bonds. The largest absolute Gasteiger partial charge is 0.497 e. The highest BCUT2D eigenvalue weighted by Crippen LogP contribution is 2.35. The van der Waals surface area contributed by atoms with Crippen molar-refractivity contribution in [1.29, 1.82) is 0 Å². The van der Waals surface area contributed by atoms with E-state index in [1.807, 2.05) is 29.6 Å². The molecule has 9 heteroatoms. The second kappa shape index (κ2) is 8.85. The van der Waals surface area contributed by atoms with Crippen molar-refractivity contribution < 1.29 is 19.1 Å². The van der Waals surface area contributed by atoms with E-state index >= 15 is 0 Å². The van der Waals surface area contributed by atoms with Gasteiger partial charge in [-0.3, -0.25) is 14.9 Å². The Labute approximate surface area is 170 Å². The van der Waals surface area contributed by atoms with Crippen LogP contribution in [0.15, 0.2) is 35.7 Å². The molecule has 2 N–H and O–H groups in total. The maximum atomic E-state index is 12.5. The van der Waals surface area contributed by atoms with E-state index < -0.39 is 0 Å². The van der Waals surface area contributed by atoms with Gasteiger partial charge in [-0.2, -0.15) is 0 Å². The van der Waals surface area contributed by atoms with Gasteiger partial charge in [0, 0.05) is 22.7 Å². The first-order chi connectivity index (χ1) is 13.5. The van der Waals surface area contributed by atoms with Crippen LogP contribution in [0.4, 0.5) is 5.13 Å². The summed E-state index contributed by atoms with van der Waals surface area (Å²) in [6.45, 7) is 1.86. The van der Waals surface area contributed by atoms with Crippen molar-refractivity contribution in [2.45, 2.75) is 13.5 Å².